The molecule has 1 unspecified atom stereocenters. The van der Waals surface area contributed by atoms with E-state index in [0.717, 1.165) is 28.5 Å². The van der Waals surface area contributed by atoms with Gasteiger partial charge >= 0.3 is 0 Å². The van der Waals surface area contributed by atoms with Crippen LogP contribution in [0.2, 0.25) is 5.02 Å². The summed E-state index contributed by atoms with van der Waals surface area (Å²) >= 11 is 6.16. The first kappa shape index (κ1) is 22.4. The molecule has 1 amide bonds. The molecular formula is C28H25ClN2O3. The number of anilines is 1. The number of nitrogens with one attached hydrogen (secondary N) is 1. The number of Topliss-reactive ketones (excluding diaryl/α,β-unsaturated/α-hetero) is 1. The second-order valence-electron chi connectivity index (χ2n) is 8.91. The van der Waals surface area contributed by atoms with Crippen LogP contribution in [0.4, 0.5) is 5.69 Å². The highest BCUT2D eigenvalue weighted by atomic mass is 35.5. The number of nitrogens with zero attached hydrogens (tertiary/aromatic N) is 1. The Morgan fingerprint density at radius 2 is 1.91 bits per heavy atom. The maximum absolute atomic E-state index is 13.5. The lowest BCUT2D eigenvalue weighted by Gasteiger charge is -2.23. The van der Waals surface area contributed by atoms with Crippen LogP contribution >= 0.6 is 11.6 Å². The molecule has 0 saturated carbocycles. The summed E-state index contributed by atoms with van der Waals surface area (Å²) in [6.45, 7) is 2.34. The molecule has 34 heavy (non-hydrogen) atoms. The van der Waals surface area contributed by atoms with Crippen molar-refractivity contribution in [3.63, 3.8) is 0 Å². The number of amides is 1. The molecule has 3 aromatic carbocycles. The van der Waals surface area contributed by atoms with Gasteiger partial charge in [-0.1, -0.05) is 53.6 Å². The first-order valence-electron chi connectivity index (χ1n) is 11.4. The number of ketones is 1. The highest BCUT2D eigenvalue weighted by Gasteiger charge is 2.50. The van der Waals surface area contributed by atoms with Gasteiger partial charge in [-0.3, -0.25) is 9.59 Å². The van der Waals surface area contributed by atoms with Crippen LogP contribution in [0.3, 0.4) is 0 Å². The number of benzene rings is 3. The highest BCUT2D eigenvalue weighted by Crippen LogP contribution is 2.43. The maximum Gasteiger partial charge on any atom is 0.264 e. The Kier molecular flexibility index (Phi) is 5.76. The van der Waals surface area contributed by atoms with Crippen molar-refractivity contribution < 1.29 is 14.7 Å². The van der Waals surface area contributed by atoms with Gasteiger partial charge in [0.25, 0.3) is 5.91 Å². The molecule has 5 rings (SSSR count). The lowest BCUT2D eigenvalue weighted by molar-refractivity contribution is -0.135. The minimum absolute atomic E-state index is 0.258. The molecule has 4 aromatic rings. The molecule has 0 spiro atoms. The van der Waals surface area contributed by atoms with Gasteiger partial charge in [0.05, 0.1) is 12.1 Å². The predicted octanol–water partition coefficient (Wildman–Crippen LogP) is 5.57. The summed E-state index contributed by atoms with van der Waals surface area (Å²) in [6, 6.07) is 20.1. The second kappa shape index (κ2) is 8.75. The molecular weight excluding hydrogens is 448 g/mol. The third-order valence-electron chi connectivity index (χ3n) is 6.55. The van der Waals surface area contributed by atoms with Crippen molar-refractivity contribution in [2.75, 3.05) is 11.4 Å². The molecule has 5 nitrogen and oxygen atoms in total. The van der Waals surface area contributed by atoms with Crippen LogP contribution in [0.15, 0.2) is 72.9 Å². The molecule has 2 N–H and O–H groups in total. The number of aliphatic hydroxyl groups is 1. The Balaban J connectivity index is 1.36. The summed E-state index contributed by atoms with van der Waals surface area (Å²) in [5.74, 6) is -0.705. The van der Waals surface area contributed by atoms with E-state index in [1.165, 1.54) is 0 Å². The van der Waals surface area contributed by atoms with E-state index in [9.17, 15) is 14.7 Å². The number of para-hydroxylation sites is 1. The Morgan fingerprint density at radius 1 is 1.09 bits per heavy atom. The van der Waals surface area contributed by atoms with Gasteiger partial charge in [-0.25, -0.2) is 0 Å². The van der Waals surface area contributed by atoms with Crippen LogP contribution in [0.5, 0.6) is 0 Å². The third kappa shape index (κ3) is 3.91. The summed E-state index contributed by atoms with van der Waals surface area (Å²) in [6.07, 6.45) is 3.12. The second-order valence-corrected chi connectivity index (χ2v) is 9.35. The standard InChI is InChI=1S/C28H25ClN2O3/c1-18-6-4-7-19(14-18)26(32)16-28(34)23-9-2-3-10-25(23)31(27(28)33)13-5-8-20-17-30-24-12-11-21(29)15-22(20)24/h2-4,6-7,9-12,14-15,17,30,34H,5,8,13,16H2,1H3. The zero-order chi connectivity index (χ0) is 23.9. The zero-order valence-corrected chi connectivity index (χ0v) is 19.6. The van der Waals surface area contributed by atoms with Gasteiger partial charge in [0.15, 0.2) is 11.4 Å². The smallest absolute Gasteiger partial charge is 0.264 e. The van der Waals surface area contributed by atoms with Gasteiger partial charge in [0.1, 0.15) is 0 Å². The highest BCUT2D eigenvalue weighted by molar-refractivity contribution is 6.31. The van der Waals surface area contributed by atoms with Crippen LogP contribution in [0.1, 0.15) is 39.9 Å². The van der Waals surface area contributed by atoms with Crippen molar-refractivity contribution in [1.29, 1.82) is 0 Å². The van der Waals surface area contributed by atoms with Gasteiger partial charge in [-0.2, -0.15) is 0 Å². The lowest BCUT2D eigenvalue weighted by Crippen LogP contribution is -2.42. The number of carbonyl (C=O) groups is 2. The van der Waals surface area contributed by atoms with Crippen LogP contribution < -0.4 is 4.90 Å². The lowest BCUT2D eigenvalue weighted by atomic mass is 9.88. The largest absolute Gasteiger partial charge is 0.375 e. The van der Waals surface area contributed by atoms with E-state index in [1.807, 2.05) is 49.5 Å². The normalized spacial score (nSPS) is 17.4. The Hall–Kier alpha value is -3.41. The van der Waals surface area contributed by atoms with E-state index in [2.05, 4.69) is 4.98 Å². The SMILES string of the molecule is Cc1cccc(C(=O)CC2(O)C(=O)N(CCCc3c[nH]c4ccc(Cl)cc34)c3ccccc32)c1. The first-order chi connectivity index (χ1) is 16.4. The van der Waals surface area contributed by atoms with Crippen molar-refractivity contribution in [2.24, 2.45) is 0 Å². The van der Waals surface area contributed by atoms with E-state index < -0.39 is 11.5 Å². The molecule has 0 aliphatic carbocycles. The molecule has 1 atom stereocenters. The van der Waals surface area contributed by atoms with Crippen molar-refractivity contribution in [3.05, 3.63) is 100 Å². The van der Waals surface area contributed by atoms with Gasteiger partial charge < -0.3 is 15.0 Å². The number of carbonyl (C=O) groups excluding carboxylic acids is 2. The maximum atomic E-state index is 13.5. The van der Waals surface area contributed by atoms with Gasteiger partial charge in [0.2, 0.25) is 0 Å². The van der Waals surface area contributed by atoms with Crippen molar-refractivity contribution in [3.8, 4) is 0 Å². The Labute approximate surface area is 203 Å². The minimum atomic E-state index is -1.87. The Morgan fingerprint density at radius 3 is 2.74 bits per heavy atom. The number of hydrogen-bond donors (Lipinski definition) is 2. The fraction of sp³-hybridized carbons (Fsp3) is 0.214. The van der Waals surface area contributed by atoms with Crippen molar-refractivity contribution in [1.82, 2.24) is 4.98 Å². The van der Waals surface area contributed by atoms with E-state index in [4.69, 9.17) is 11.6 Å². The molecule has 172 valence electrons. The molecule has 1 aromatic heterocycles. The average Bonchev–Trinajstić information content (AvgIpc) is 3.31. The minimum Gasteiger partial charge on any atom is -0.375 e. The molecule has 0 radical (unpaired) electrons. The molecule has 0 saturated heterocycles. The van der Waals surface area contributed by atoms with Crippen LogP contribution in [0.25, 0.3) is 10.9 Å². The number of aromatic amines is 1. The van der Waals surface area contributed by atoms with Crippen LogP contribution in [0, 0.1) is 6.92 Å². The molecule has 1 aliphatic heterocycles. The summed E-state index contributed by atoms with van der Waals surface area (Å²) in [4.78, 5) is 31.3. The van der Waals surface area contributed by atoms with E-state index in [-0.39, 0.29) is 12.2 Å². The average molecular weight is 473 g/mol. The van der Waals surface area contributed by atoms with E-state index >= 15 is 0 Å². The number of fused-ring (bicyclic) bond motifs is 2. The van der Waals surface area contributed by atoms with Gasteiger partial charge in [-0.05, 0) is 55.7 Å². The molecule has 1 aliphatic rings. The number of rotatable bonds is 7. The monoisotopic (exact) mass is 472 g/mol. The summed E-state index contributed by atoms with van der Waals surface area (Å²) in [7, 11) is 0. The topological polar surface area (TPSA) is 73.4 Å². The van der Waals surface area contributed by atoms with Gasteiger partial charge in [0, 0.05) is 39.8 Å². The number of aryl methyl sites for hydroxylation is 2. The van der Waals surface area contributed by atoms with E-state index in [1.54, 1.807) is 35.2 Å². The molecule has 6 heteroatoms. The summed E-state index contributed by atoms with van der Waals surface area (Å²) in [5.41, 5.74) is 2.87. The number of halogens is 1. The van der Waals surface area contributed by atoms with E-state index in [0.29, 0.717) is 34.8 Å². The van der Waals surface area contributed by atoms with Crippen LogP contribution in [-0.4, -0.2) is 28.3 Å². The van der Waals surface area contributed by atoms with Gasteiger partial charge in [-0.15, -0.1) is 0 Å². The van der Waals surface area contributed by atoms with Crippen molar-refractivity contribution >= 4 is 39.9 Å². The number of aromatic nitrogens is 1. The zero-order valence-electron chi connectivity index (χ0n) is 18.8. The summed E-state index contributed by atoms with van der Waals surface area (Å²) < 4.78 is 0. The fourth-order valence-electron chi connectivity index (χ4n) is 4.84. The van der Waals surface area contributed by atoms with Crippen LogP contribution in [-0.2, 0) is 16.8 Å². The predicted molar refractivity (Wildman–Crippen MR) is 134 cm³/mol. The van der Waals surface area contributed by atoms with Crippen molar-refractivity contribution in [2.45, 2.75) is 31.8 Å². The molecule has 0 fully saturated rings. The molecule has 0 bridgehead atoms. The number of hydrogen-bond acceptors (Lipinski definition) is 3. The number of H-pyrrole nitrogens is 1. The first-order valence-corrected chi connectivity index (χ1v) is 11.7. The Bertz CT molecular complexity index is 1410. The fourth-order valence-corrected chi connectivity index (χ4v) is 5.01. The third-order valence-corrected chi connectivity index (χ3v) is 6.79. The quantitative estimate of drug-likeness (QED) is 0.345. The summed E-state index contributed by atoms with van der Waals surface area (Å²) in [5, 5.41) is 13.3. The molecule has 2 heterocycles.